The van der Waals surface area contributed by atoms with Gasteiger partial charge >= 0.3 is 5.97 Å². The van der Waals surface area contributed by atoms with Gasteiger partial charge in [-0.3, -0.25) is 4.79 Å². The topological polar surface area (TPSA) is 55.8 Å². The molecule has 1 aromatic rings. The summed E-state index contributed by atoms with van der Waals surface area (Å²) in [6.07, 6.45) is 1.27. The van der Waals surface area contributed by atoms with Crippen molar-refractivity contribution in [1.29, 1.82) is 0 Å². The van der Waals surface area contributed by atoms with Crippen LogP contribution in [-0.4, -0.2) is 17.9 Å². The molecule has 1 aromatic carbocycles. The van der Waals surface area contributed by atoms with E-state index in [9.17, 15) is 9.90 Å². The van der Waals surface area contributed by atoms with E-state index >= 15 is 0 Å². The minimum Gasteiger partial charge on any atom is -0.481 e. The Hall–Kier alpha value is -1.23. The van der Waals surface area contributed by atoms with Crippen molar-refractivity contribution in [1.82, 2.24) is 0 Å². The summed E-state index contributed by atoms with van der Waals surface area (Å²) >= 11 is 3.54. The van der Waals surface area contributed by atoms with Crippen molar-refractivity contribution in [2.24, 2.45) is 5.41 Å². The van der Waals surface area contributed by atoms with Crippen LogP contribution in [0.3, 0.4) is 0 Å². The Kier molecular flexibility index (Phi) is 3.76. The summed E-state index contributed by atoms with van der Waals surface area (Å²) in [6.45, 7) is 5.71. The summed E-state index contributed by atoms with van der Waals surface area (Å²) in [5.74, 6) is 0.595. The van der Waals surface area contributed by atoms with Gasteiger partial charge in [-0.15, -0.1) is 0 Å². The summed E-state index contributed by atoms with van der Waals surface area (Å²) in [5, 5.41) is 9.26. The van der Waals surface area contributed by atoms with Gasteiger partial charge in [-0.25, -0.2) is 0 Å². The fourth-order valence-electron chi connectivity index (χ4n) is 2.18. The average molecular weight is 329 g/mol. The second-order valence-corrected chi connectivity index (χ2v) is 6.07. The minimum absolute atomic E-state index is 0.211. The summed E-state index contributed by atoms with van der Waals surface area (Å²) in [7, 11) is 0. The summed E-state index contributed by atoms with van der Waals surface area (Å²) in [4.78, 5) is 11.3. The lowest BCUT2D eigenvalue weighted by molar-refractivity contribution is -0.146. The molecule has 5 heteroatoms. The Balaban J connectivity index is 2.46. The van der Waals surface area contributed by atoms with E-state index in [2.05, 4.69) is 15.9 Å². The molecule has 0 atom stereocenters. The number of carboxylic acid groups (broad SMARTS) is 1. The zero-order chi connectivity index (χ0) is 14.2. The van der Waals surface area contributed by atoms with Crippen LogP contribution in [0.2, 0.25) is 0 Å². The minimum atomic E-state index is -0.808. The Morgan fingerprint density at radius 2 is 2.16 bits per heavy atom. The number of hydrogen-bond donors (Lipinski definition) is 1. The maximum absolute atomic E-state index is 11.3. The van der Waals surface area contributed by atoms with Crippen molar-refractivity contribution in [3.63, 3.8) is 0 Å². The SMILES string of the molecule is CCc1c(CC(C)(C)C(=O)O)cc2c(c1Br)OCO2. The number of carboxylic acids is 1. The van der Waals surface area contributed by atoms with Gasteiger partial charge in [-0.2, -0.15) is 0 Å². The zero-order valence-electron chi connectivity index (χ0n) is 11.2. The number of ether oxygens (including phenoxy) is 2. The molecule has 0 spiro atoms. The summed E-state index contributed by atoms with van der Waals surface area (Å²) < 4.78 is 11.7. The monoisotopic (exact) mass is 328 g/mol. The first kappa shape index (κ1) is 14.2. The van der Waals surface area contributed by atoms with Crippen LogP contribution in [0, 0.1) is 5.41 Å². The Morgan fingerprint density at radius 3 is 2.74 bits per heavy atom. The molecular formula is C14H17BrO4. The number of hydrogen-bond acceptors (Lipinski definition) is 3. The molecule has 1 heterocycles. The smallest absolute Gasteiger partial charge is 0.309 e. The Bertz CT molecular complexity index is 523. The molecule has 0 unspecified atom stereocenters. The molecule has 2 rings (SSSR count). The van der Waals surface area contributed by atoms with Crippen LogP contribution in [0.1, 0.15) is 31.9 Å². The molecule has 0 saturated heterocycles. The molecule has 1 aliphatic heterocycles. The van der Waals surface area contributed by atoms with Gasteiger partial charge < -0.3 is 14.6 Å². The first-order valence-corrected chi connectivity index (χ1v) is 6.99. The van der Waals surface area contributed by atoms with E-state index in [1.165, 1.54) is 0 Å². The molecule has 0 bridgehead atoms. The molecule has 104 valence electrons. The van der Waals surface area contributed by atoms with Crippen molar-refractivity contribution in [3.8, 4) is 11.5 Å². The maximum atomic E-state index is 11.3. The van der Waals surface area contributed by atoms with E-state index < -0.39 is 11.4 Å². The highest BCUT2D eigenvalue weighted by molar-refractivity contribution is 9.10. The molecule has 0 radical (unpaired) electrons. The van der Waals surface area contributed by atoms with Gasteiger partial charge in [0.1, 0.15) is 0 Å². The van der Waals surface area contributed by atoms with Crippen molar-refractivity contribution in [2.75, 3.05) is 6.79 Å². The number of benzene rings is 1. The van der Waals surface area contributed by atoms with Crippen molar-refractivity contribution >= 4 is 21.9 Å². The lowest BCUT2D eigenvalue weighted by Gasteiger charge is -2.22. The van der Waals surface area contributed by atoms with Crippen LogP contribution in [0.4, 0.5) is 0 Å². The Labute approximate surface area is 120 Å². The predicted molar refractivity (Wildman–Crippen MR) is 74.8 cm³/mol. The first-order valence-electron chi connectivity index (χ1n) is 6.20. The third-order valence-electron chi connectivity index (χ3n) is 3.36. The van der Waals surface area contributed by atoms with Crippen LogP contribution in [0.5, 0.6) is 11.5 Å². The van der Waals surface area contributed by atoms with E-state index in [-0.39, 0.29) is 6.79 Å². The normalized spacial score (nSPS) is 13.7. The van der Waals surface area contributed by atoms with Crippen molar-refractivity contribution < 1.29 is 19.4 Å². The molecule has 0 fully saturated rings. The zero-order valence-corrected chi connectivity index (χ0v) is 12.8. The van der Waals surface area contributed by atoms with Crippen LogP contribution >= 0.6 is 15.9 Å². The second-order valence-electron chi connectivity index (χ2n) is 5.28. The standard InChI is InChI=1S/C14H17BrO4/c1-4-9-8(6-14(2,3)13(16)17)5-10-12(11(9)15)19-7-18-10/h5H,4,6-7H2,1-3H3,(H,16,17). The quantitative estimate of drug-likeness (QED) is 0.920. The largest absolute Gasteiger partial charge is 0.481 e. The molecule has 0 saturated carbocycles. The van der Waals surface area contributed by atoms with Gasteiger partial charge in [0.15, 0.2) is 11.5 Å². The maximum Gasteiger partial charge on any atom is 0.309 e. The number of aliphatic carboxylic acids is 1. The molecule has 1 aliphatic rings. The van der Waals surface area contributed by atoms with E-state index in [1.807, 2.05) is 13.0 Å². The van der Waals surface area contributed by atoms with Gasteiger partial charge in [0, 0.05) is 0 Å². The highest BCUT2D eigenvalue weighted by Crippen LogP contribution is 2.44. The third kappa shape index (κ3) is 2.56. The predicted octanol–water partition coefficient (Wildman–Crippen LogP) is 3.39. The second kappa shape index (κ2) is 5.04. The van der Waals surface area contributed by atoms with Crippen LogP contribution in [0.15, 0.2) is 10.5 Å². The molecule has 0 aliphatic carbocycles. The molecule has 0 amide bonds. The highest BCUT2D eigenvalue weighted by Gasteiger charge is 2.30. The van der Waals surface area contributed by atoms with Gasteiger partial charge in [0.25, 0.3) is 0 Å². The lowest BCUT2D eigenvalue weighted by Crippen LogP contribution is -2.26. The number of carbonyl (C=O) groups is 1. The number of fused-ring (bicyclic) bond motifs is 1. The molecule has 4 nitrogen and oxygen atoms in total. The fourth-order valence-corrected chi connectivity index (χ4v) is 3.03. The molecular weight excluding hydrogens is 312 g/mol. The molecule has 1 N–H and O–H groups in total. The van der Waals surface area contributed by atoms with E-state index in [4.69, 9.17) is 9.47 Å². The molecule has 19 heavy (non-hydrogen) atoms. The highest BCUT2D eigenvalue weighted by atomic mass is 79.9. The van der Waals surface area contributed by atoms with Crippen LogP contribution in [-0.2, 0) is 17.6 Å². The lowest BCUT2D eigenvalue weighted by atomic mass is 9.83. The van der Waals surface area contributed by atoms with Crippen LogP contribution < -0.4 is 9.47 Å². The number of halogens is 1. The van der Waals surface area contributed by atoms with E-state index in [0.717, 1.165) is 22.0 Å². The number of rotatable bonds is 4. The summed E-state index contributed by atoms with van der Waals surface area (Å²) in [6, 6.07) is 1.90. The first-order chi connectivity index (χ1) is 8.86. The van der Waals surface area contributed by atoms with Gasteiger partial charge in [-0.05, 0) is 59.8 Å². The fraction of sp³-hybridized carbons (Fsp3) is 0.500. The molecule has 0 aromatic heterocycles. The average Bonchev–Trinajstić information content (AvgIpc) is 2.77. The van der Waals surface area contributed by atoms with Gasteiger partial charge in [0.05, 0.1) is 9.89 Å². The Morgan fingerprint density at radius 1 is 1.47 bits per heavy atom. The van der Waals surface area contributed by atoms with Crippen LogP contribution in [0.25, 0.3) is 0 Å². The van der Waals surface area contributed by atoms with Crippen molar-refractivity contribution in [2.45, 2.75) is 33.6 Å². The van der Waals surface area contributed by atoms with E-state index in [0.29, 0.717) is 17.9 Å². The van der Waals surface area contributed by atoms with Gasteiger partial charge in [0.2, 0.25) is 6.79 Å². The third-order valence-corrected chi connectivity index (χ3v) is 4.20. The van der Waals surface area contributed by atoms with Crippen molar-refractivity contribution in [3.05, 3.63) is 21.7 Å². The van der Waals surface area contributed by atoms with Gasteiger partial charge in [-0.1, -0.05) is 6.92 Å². The summed E-state index contributed by atoms with van der Waals surface area (Å²) in [5.41, 5.74) is 1.27. The van der Waals surface area contributed by atoms with E-state index in [1.54, 1.807) is 13.8 Å².